The van der Waals surface area contributed by atoms with Gasteiger partial charge in [0.2, 0.25) is 5.91 Å². The second kappa shape index (κ2) is 10.1. The van der Waals surface area contributed by atoms with E-state index in [-0.39, 0.29) is 18.4 Å². The number of amides is 1. The van der Waals surface area contributed by atoms with Crippen molar-refractivity contribution in [1.29, 1.82) is 0 Å². The monoisotopic (exact) mass is 426 g/mol. The molecular weight excluding hydrogens is 396 g/mol. The van der Waals surface area contributed by atoms with Crippen LogP contribution in [-0.4, -0.2) is 76.0 Å². The second-order valence-electron chi connectivity index (χ2n) is 8.59. The molecule has 1 aromatic heterocycles. The average Bonchev–Trinajstić information content (AvgIpc) is 3.53. The molecule has 1 N–H and O–H groups in total. The van der Waals surface area contributed by atoms with Crippen molar-refractivity contribution in [3.05, 3.63) is 53.9 Å². The number of fused-ring (bicyclic) bond motifs is 3. The summed E-state index contributed by atoms with van der Waals surface area (Å²) >= 11 is 0. The lowest BCUT2D eigenvalue weighted by atomic mass is 10.1. The summed E-state index contributed by atoms with van der Waals surface area (Å²) in [5, 5.41) is 11.2. The Morgan fingerprint density at radius 1 is 1.10 bits per heavy atom. The van der Waals surface area contributed by atoms with Crippen LogP contribution in [0.4, 0.5) is 0 Å². The number of hydrogen-bond acceptors (Lipinski definition) is 5. The molecule has 0 spiro atoms. The van der Waals surface area contributed by atoms with Crippen LogP contribution in [0.5, 0.6) is 0 Å². The van der Waals surface area contributed by atoms with Crippen molar-refractivity contribution >= 4 is 12.4 Å². The fourth-order valence-corrected chi connectivity index (χ4v) is 4.58. The first-order chi connectivity index (χ1) is 15.2. The number of benzene rings is 1. The van der Waals surface area contributed by atoms with Crippen LogP contribution >= 0.6 is 0 Å². The number of carboxylic acid groups (broad SMARTS) is 1. The normalized spacial score (nSPS) is 23.4. The summed E-state index contributed by atoms with van der Waals surface area (Å²) in [4.78, 5) is 25.8. The van der Waals surface area contributed by atoms with E-state index in [0.29, 0.717) is 18.4 Å². The van der Waals surface area contributed by atoms with Gasteiger partial charge >= 0.3 is 0 Å². The maximum absolute atomic E-state index is 12.8. The minimum Gasteiger partial charge on any atom is -0.483 e. The molecule has 2 aromatic rings. The molecule has 1 amide bonds. The van der Waals surface area contributed by atoms with Gasteiger partial charge in [-0.05, 0) is 30.0 Å². The van der Waals surface area contributed by atoms with Crippen molar-refractivity contribution in [2.24, 2.45) is 11.8 Å². The first-order valence-electron chi connectivity index (χ1n) is 10.9. The number of nitrogens with zero attached hydrogens (tertiary/aromatic N) is 4. The molecule has 3 heterocycles. The molecule has 2 aliphatic heterocycles. The molecule has 3 aliphatic rings. The molecule has 8 heteroatoms. The molecule has 166 valence electrons. The Labute approximate surface area is 182 Å². The summed E-state index contributed by atoms with van der Waals surface area (Å²) in [5.74, 6) is 1.04. The van der Waals surface area contributed by atoms with Gasteiger partial charge in [0.1, 0.15) is 0 Å². The third-order valence-corrected chi connectivity index (χ3v) is 6.16. The zero-order valence-electron chi connectivity index (χ0n) is 17.7. The molecular formula is C23H30N4O4. The van der Waals surface area contributed by atoms with E-state index < -0.39 is 0 Å². The number of carbonyl (C=O) groups is 2. The highest BCUT2D eigenvalue weighted by Gasteiger charge is 2.41. The van der Waals surface area contributed by atoms with Gasteiger partial charge in [-0.3, -0.25) is 19.2 Å². The molecule has 8 nitrogen and oxygen atoms in total. The largest absolute Gasteiger partial charge is 0.483 e. The fourth-order valence-electron chi connectivity index (χ4n) is 4.58. The maximum Gasteiger partial charge on any atom is 0.290 e. The quantitative estimate of drug-likeness (QED) is 0.733. The fraction of sp³-hybridized carbons (Fsp3) is 0.522. The summed E-state index contributed by atoms with van der Waals surface area (Å²) in [6.07, 6.45) is 5.96. The summed E-state index contributed by atoms with van der Waals surface area (Å²) in [7, 11) is 0. The summed E-state index contributed by atoms with van der Waals surface area (Å²) in [6, 6.07) is 10.8. The Morgan fingerprint density at radius 3 is 2.52 bits per heavy atom. The highest BCUT2D eigenvalue weighted by Crippen LogP contribution is 2.33. The number of rotatable bonds is 5. The van der Waals surface area contributed by atoms with Gasteiger partial charge in [-0.25, -0.2) is 0 Å². The molecule has 1 saturated carbocycles. The molecule has 1 aliphatic carbocycles. The third kappa shape index (κ3) is 5.51. The number of ether oxygens (including phenoxy) is 1. The predicted octanol–water partition coefficient (Wildman–Crippen LogP) is 1.70. The number of aromatic nitrogens is 2. The lowest BCUT2D eigenvalue weighted by Crippen LogP contribution is -2.47. The maximum atomic E-state index is 12.8. The number of carbonyl (C=O) groups excluding carboxylic acids is 1. The van der Waals surface area contributed by atoms with Crippen molar-refractivity contribution in [1.82, 2.24) is 19.6 Å². The van der Waals surface area contributed by atoms with Crippen molar-refractivity contribution in [2.45, 2.75) is 32.0 Å². The van der Waals surface area contributed by atoms with E-state index in [9.17, 15) is 4.79 Å². The number of hydrogen-bond donors (Lipinski definition) is 1. The van der Waals surface area contributed by atoms with Gasteiger partial charge in [0.05, 0.1) is 25.8 Å². The van der Waals surface area contributed by atoms with Crippen LogP contribution in [0.3, 0.4) is 0 Å². The smallest absolute Gasteiger partial charge is 0.290 e. The summed E-state index contributed by atoms with van der Waals surface area (Å²) in [5.41, 5.74) is 2.65. The van der Waals surface area contributed by atoms with E-state index in [1.165, 1.54) is 11.1 Å². The van der Waals surface area contributed by atoms with E-state index in [1.54, 1.807) is 0 Å². The average molecular weight is 427 g/mol. The van der Waals surface area contributed by atoms with Gasteiger partial charge in [-0.2, -0.15) is 5.10 Å². The van der Waals surface area contributed by atoms with Crippen LogP contribution in [0.1, 0.15) is 24.0 Å². The standard InChI is InChI=1S/C22H28N4O2.CH2O2/c27-22(18-6-7-18)26-11-17-10-24(14-21(26)16-28-15-17)12-19-4-1-2-5-20(19)13-25-9-3-8-23-25;2-1-3/h1-5,8-9,17-18,21H,6-7,10-16H2;1H,(H,2,3)/t17-,21-;/m0./s1. The predicted molar refractivity (Wildman–Crippen MR) is 114 cm³/mol. The van der Waals surface area contributed by atoms with Gasteiger partial charge in [0, 0.05) is 50.4 Å². The Hall–Kier alpha value is -2.71. The van der Waals surface area contributed by atoms with E-state index in [0.717, 1.165) is 52.2 Å². The SMILES string of the molecule is O=C(C1CC1)N1C[C@H]2COC[C@@H]1CN(Cc1ccccc1Cn1cccn1)C2.O=CO. The van der Waals surface area contributed by atoms with Crippen LogP contribution in [0.15, 0.2) is 42.7 Å². The molecule has 1 aromatic carbocycles. The van der Waals surface area contributed by atoms with Crippen molar-refractivity contribution in [3.63, 3.8) is 0 Å². The van der Waals surface area contributed by atoms with Crippen LogP contribution in [0.2, 0.25) is 0 Å². The van der Waals surface area contributed by atoms with Crippen molar-refractivity contribution < 1.29 is 19.4 Å². The van der Waals surface area contributed by atoms with Gasteiger partial charge in [-0.1, -0.05) is 24.3 Å². The van der Waals surface area contributed by atoms with E-state index >= 15 is 0 Å². The molecule has 5 rings (SSSR count). The topological polar surface area (TPSA) is 87.9 Å². The zero-order chi connectivity index (χ0) is 21.6. The van der Waals surface area contributed by atoms with E-state index in [2.05, 4.69) is 39.2 Å². The third-order valence-electron chi connectivity index (χ3n) is 6.16. The summed E-state index contributed by atoms with van der Waals surface area (Å²) < 4.78 is 7.87. The van der Waals surface area contributed by atoms with E-state index in [4.69, 9.17) is 14.6 Å². The first-order valence-corrected chi connectivity index (χ1v) is 10.9. The Kier molecular flexibility index (Phi) is 6.99. The van der Waals surface area contributed by atoms with Crippen LogP contribution in [0, 0.1) is 11.8 Å². The summed E-state index contributed by atoms with van der Waals surface area (Å²) in [6.45, 7) is 5.61. The Balaban J connectivity index is 0.000000730. The Morgan fingerprint density at radius 2 is 1.84 bits per heavy atom. The molecule has 0 unspecified atom stereocenters. The van der Waals surface area contributed by atoms with Crippen molar-refractivity contribution in [2.75, 3.05) is 32.8 Å². The van der Waals surface area contributed by atoms with Gasteiger partial charge in [0.25, 0.3) is 6.47 Å². The van der Waals surface area contributed by atoms with Gasteiger partial charge in [-0.15, -0.1) is 0 Å². The second-order valence-corrected chi connectivity index (χ2v) is 8.59. The molecule has 3 fully saturated rings. The molecule has 2 atom stereocenters. The van der Waals surface area contributed by atoms with E-state index in [1.807, 2.05) is 23.1 Å². The Bertz CT molecular complexity index is 868. The minimum absolute atomic E-state index is 0.180. The van der Waals surface area contributed by atoms with Crippen LogP contribution < -0.4 is 0 Å². The first kappa shape index (κ1) is 21.5. The molecule has 0 radical (unpaired) electrons. The molecule has 2 bridgehead atoms. The highest BCUT2D eigenvalue weighted by molar-refractivity contribution is 5.81. The minimum atomic E-state index is -0.250. The lowest BCUT2D eigenvalue weighted by molar-refractivity contribution is -0.135. The van der Waals surface area contributed by atoms with Crippen molar-refractivity contribution in [3.8, 4) is 0 Å². The van der Waals surface area contributed by atoms with Crippen LogP contribution in [0.25, 0.3) is 0 Å². The molecule has 2 saturated heterocycles. The van der Waals surface area contributed by atoms with Gasteiger partial charge in [0.15, 0.2) is 0 Å². The molecule has 31 heavy (non-hydrogen) atoms. The van der Waals surface area contributed by atoms with Gasteiger partial charge < -0.3 is 14.7 Å². The zero-order valence-corrected chi connectivity index (χ0v) is 17.7. The highest BCUT2D eigenvalue weighted by atomic mass is 16.5. The lowest BCUT2D eigenvalue weighted by Gasteiger charge is -2.31. The van der Waals surface area contributed by atoms with Crippen LogP contribution in [-0.2, 0) is 27.4 Å².